The molecule has 0 aromatic carbocycles. The zero-order valence-corrected chi connectivity index (χ0v) is 9.28. The Morgan fingerprint density at radius 1 is 1.50 bits per heavy atom. The summed E-state index contributed by atoms with van der Waals surface area (Å²) >= 11 is 0. The number of amides is 1. The first kappa shape index (κ1) is 13.3. The van der Waals surface area contributed by atoms with E-state index in [9.17, 15) is 18.0 Å². The minimum absolute atomic E-state index is 0.309. The first-order valence-corrected chi connectivity index (χ1v) is 5.50. The summed E-state index contributed by atoms with van der Waals surface area (Å²) in [6.07, 6.45) is -3.00. The molecule has 16 heavy (non-hydrogen) atoms. The van der Waals surface area contributed by atoms with Crippen molar-refractivity contribution >= 4 is 5.91 Å². The number of hydrogen-bond donors (Lipinski definition) is 2. The molecule has 1 atom stereocenters. The molecule has 3 nitrogen and oxygen atoms in total. The fraction of sp³-hybridized carbons (Fsp3) is 0.900. The third-order valence-corrected chi connectivity index (χ3v) is 2.98. The van der Waals surface area contributed by atoms with Gasteiger partial charge >= 0.3 is 6.18 Å². The summed E-state index contributed by atoms with van der Waals surface area (Å²) in [6, 6.07) is 0. The molecule has 0 aromatic rings. The van der Waals surface area contributed by atoms with Crippen molar-refractivity contribution in [3.8, 4) is 0 Å². The number of hydrogen-bond acceptors (Lipinski definition) is 2. The third-order valence-electron chi connectivity index (χ3n) is 2.98. The summed E-state index contributed by atoms with van der Waals surface area (Å²) in [7, 11) is 0. The van der Waals surface area contributed by atoms with Crippen molar-refractivity contribution in [2.24, 2.45) is 0 Å². The lowest BCUT2D eigenvalue weighted by Crippen LogP contribution is -2.53. The van der Waals surface area contributed by atoms with E-state index in [0.717, 1.165) is 13.0 Å². The molecule has 1 fully saturated rings. The van der Waals surface area contributed by atoms with Gasteiger partial charge in [-0.3, -0.25) is 4.79 Å². The predicted molar refractivity (Wildman–Crippen MR) is 53.9 cm³/mol. The minimum Gasteiger partial charge on any atom is -0.354 e. The van der Waals surface area contributed by atoms with Gasteiger partial charge in [-0.15, -0.1) is 0 Å². The SMILES string of the molecule is CCC1(C(=O)NCCC(F)(F)F)CCCN1. The van der Waals surface area contributed by atoms with Gasteiger partial charge in [0.2, 0.25) is 5.91 Å². The molecule has 1 saturated heterocycles. The zero-order chi connectivity index (χ0) is 12.2. The van der Waals surface area contributed by atoms with Gasteiger partial charge in [-0.05, 0) is 25.8 Å². The largest absolute Gasteiger partial charge is 0.390 e. The molecule has 1 aliphatic heterocycles. The van der Waals surface area contributed by atoms with E-state index in [4.69, 9.17) is 0 Å². The highest BCUT2D eigenvalue weighted by molar-refractivity contribution is 5.86. The number of alkyl halides is 3. The molecular weight excluding hydrogens is 221 g/mol. The van der Waals surface area contributed by atoms with Gasteiger partial charge in [-0.1, -0.05) is 6.92 Å². The Morgan fingerprint density at radius 3 is 2.62 bits per heavy atom. The van der Waals surface area contributed by atoms with Crippen LogP contribution >= 0.6 is 0 Å². The molecule has 0 aromatic heterocycles. The molecule has 94 valence electrons. The van der Waals surface area contributed by atoms with E-state index in [1.165, 1.54) is 0 Å². The van der Waals surface area contributed by atoms with Gasteiger partial charge < -0.3 is 10.6 Å². The number of rotatable bonds is 4. The van der Waals surface area contributed by atoms with Crippen molar-refractivity contribution in [3.63, 3.8) is 0 Å². The van der Waals surface area contributed by atoms with Crippen LogP contribution in [0, 0.1) is 0 Å². The predicted octanol–water partition coefficient (Wildman–Crippen LogP) is 1.59. The average Bonchev–Trinajstić information content (AvgIpc) is 2.65. The van der Waals surface area contributed by atoms with Gasteiger partial charge in [0.25, 0.3) is 0 Å². The lowest BCUT2D eigenvalue weighted by atomic mass is 9.93. The van der Waals surface area contributed by atoms with E-state index in [-0.39, 0.29) is 12.5 Å². The summed E-state index contributed by atoms with van der Waals surface area (Å²) in [5, 5.41) is 5.43. The zero-order valence-electron chi connectivity index (χ0n) is 9.28. The van der Waals surface area contributed by atoms with Gasteiger partial charge in [-0.2, -0.15) is 13.2 Å². The Labute approximate surface area is 92.8 Å². The van der Waals surface area contributed by atoms with E-state index in [1.54, 1.807) is 0 Å². The van der Waals surface area contributed by atoms with Crippen LogP contribution in [-0.2, 0) is 4.79 Å². The number of carbonyl (C=O) groups is 1. The number of carbonyl (C=O) groups excluding carboxylic acids is 1. The maximum absolute atomic E-state index is 11.9. The highest BCUT2D eigenvalue weighted by atomic mass is 19.4. The third kappa shape index (κ3) is 3.37. The molecule has 1 heterocycles. The highest BCUT2D eigenvalue weighted by Crippen LogP contribution is 2.23. The minimum atomic E-state index is -4.21. The van der Waals surface area contributed by atoms with Crippen molar-refractivity contribution in [1.29, 1.82) is 0 Å². The Hall–Kier alpha value is -0.780. The van der Waals surface area contributed by atoms with Crippen LogP contribution in [0.3, 0.4) is 0 Å². The topological polar surface area (TPSA) is 41.1 Å². The van der Waals surface area contributed by atoms with Crippen LogP contribution in [0.15, 0.2) is 0 Å². The van der Waals surface area contributed by atoms with Crippen molar-refractivity contribution in [2.75, 3.05) is 13.1 Å². The smallest absolute Gasteiger partial charge is 0.354 e. The van der Waals surface area contributed by atoms with Gasteiger partial charge in [0.1, 0.15) is 0 Å². The molecule has 2 N–H and O–H groups in total. The lowest BCUT2D eigenvalue weighted by molar-refractivity contribution is -0.137. The van der Waals surface area contributed by atoms with Crippen LogP contribution in [0.5, 0.6) is 0 Å². The highest BCUT2D eigenvalue weighted by Gasteiger charge is 2.39. The fourth-order valence-corrected chi connectivity index (χ4v) is 1.95. The monoisotopic (exact) mass is 238 g/mol. The maximum Gasteiger partial charge on any atom is 0.390 e. The Bertz CT molecular complexity index is 247. The Morgan fingerprint density at radius 2 is 2.19 bits per heavy atom. The van der Waals surface area contributed by atoms with Crippen LogP contribution in [0.1, 0.15) is 32.6 Å². The molecular formula is C10H17F3N2O. The van der Waals surface area contributed by atoms with Crippen LogP contribution in [0.4, 0.5) is 13.2 Å². The first-order valence-electron chi connectivity index (χ1n) is 5.50. The van der Waals surface area contributed by atoms with Crippen molar-refractivity contribution in [2.45, 2.75) is 44.3 Å². The quantitative estimate of drug-likeness (QED) is 0.781. The van der Waals surface area contributed by atoms with Crippen LogP contribution in [-0.4, -0.2) is 30.7 Å². The second-order valence-corrected chi connectivity index (χ2v) is 4.09. The molecule has 1 aliphatic rings. The summed E-state index contributed by atoms with van der Waals surface area (Å²) in [5.74, 6) is -0.309. The number of halogens is 3. The van der Waals surface area contributed by atoms with Gasteiger partial charge in [0.15, 0.2) is 0 Å². The van der Waals surface area contributed by atoms with Gasteiger partial charge in [-0.25, -0.2) is 0 Å². The van der Waals surface area contributed by atoms with E-state index >= 15 is 0 Å². The molecule has 1 rings (SSSR count). The maximum atomic E-state index is 11.9. The first-order chi connectivity index (χ1) is 7.40. The normalized spacial score (nSPS) is 25.8. The molecule has 1 amide bonds. The number of nitrogens with one attached hydrogen (secondary N) is 2. The van der Waals surface area contributed by atoms with E-state index in [0.29, 0.717) is 12.8 Å². The van der Waals surface area contributed by atoms with Gasteiger partial charge in [0.05, 0.1) is 12.0 Å². The molecule has 0 spiro atoms. The van der Waals surface area contributed by atoms with Crippen molar-refractivity contribution in [3.05, 3.63) is 0 Å². The lowest BCUT2D eigenvalue weighted by Gasteiger charge is -2.26. The second kappa shape index (κ2) is 5.03. The van der Waals surface area contributed by atoms with E-state index in [2.05, 4.69) is 10.6 Å². The molecule has 0 bridgehead atoms. The molecule has 0 aliphatic carbocycles. The summed E-state index contributed by atoms with van der Waals surface area (Å²) in [6.45, 7) is 2.27. The van der Waals surface area contributed by atoms with E-state index in [1.807, 2.05) is 6.92 Å². The van der Waals surface area contributed by atoms with Crippen LogP contribution < -0.4 is 10.6 Å². The molecule has 1 unspecified atom stereocenters. The van der Waals surface area contributed by atoms with Gasteiger partial charge in [0, 0.05) is 6.54 Å². The van der Waals surface area contributed by atoms with Crippen molar-refractivity contribution in [1.82, 2.24) is 10.6 Å². The van der Waals surface area contributed by atoms with Crippen molar-refractivity contribution < 1.29 is 18.0 Å². The molecule has 0 saturated carbocycles. The fourth-order valence-electron chi connectivity index (χ4n) is 1.95. The molecule has 6 heteroatoms. The Balaban J connectivity index is 2.39. The van der Waals surface area contributed by atoms with Crippen LogP contribution in [0.25, 0.3) is 0 Å². The average molecular weight is 238 g/mol. The summed E-state index contributed by atoms with van der Waals surface area (Å²) < 4.78 is 35.7. The standard InChI is InChI=1S/C10H17F3N2O/c1-2-9(4-3-6-15-9)8(16)14-7-5-10(11,12)13/h15H,2-7H2,1H3,(H,14,16). The molecule has 0 radical (unpaired) electrons. The summed E-state index contributed by atoms with van der Waals surface area (Å²) in [4.78, 5) is 11.7. The van der Waals surface area contributed by atoms with Crippen LogP contribution in [0.2, 0.25) is 0 Å². The van der Waals surface area contributed by atoms with E-state index < -0.39 is 18.1 Å². The second-order valence-electron chi connectivity index (χ2n) is 4.09. The summed E-state index contributed by atoms with van der Waals surface area (Å²) in [5.41, 5.74) is -0.647. The Kier molecular flexibility index (Phi) is 4.18.